The lowest BCUT2D eigenvalue weighted by Gasteiger charge is -2.38. The molecule has 0 aromatic heterocycles. The summed E-state index contributed by atoms with van der Waals surface area (Å²) in [7, 11) is 0. The molecular formula is C17H21N3. The number of para-hydroxylation sites is 2. The molecular weight excluding hydrogens is 246 g/mol. The first kappa shape index (κ1) is 13.0. The Morgan fingerprint density at radius 1 is 0.750 bits per heavy atom. The van der Waals surface area contributed by atoms with Crippen molar-refractivity contribution in [2.75, 3.05) is 36.0 Å². The second-order valence-corrected chi connectivity index (χ2v) is 5.14. The predicted molar refractivity (Wildman–Crippen MR) is 85.2 cm³/mol. The first-order chi connectivity index (χ1) is 9.88. The van der Waals surface area contributed by atoms with E-state index in [-0.39, 0.29) is 0 Å². The summed E-state index contributed by atoms with van der Waals surface area (Å²) in [5.41, 5.74) is 9.69. The Balaban J connectivity index is 1.70. The molecule has 0 spiro atoms. The monoisotopic (exact) mass is 267 g/mol. The molecule has 3 nitrogen and oxygen atoms in total. The van der Waals surface area contributed by atoms with Crippen LogP contribution in [0, 0.1) is 0 Å². The number of rotatable bonds is 3. The van der Waals surface area contributed by atoms with Crippen LogP contribution in [0.4, 0.5) is 11.4 Å². The van der Waals surface area contributed by atoms with Crippen molar-refractivity contribution >= 4 is 11.4 Å². The maximum absolute atomic E-state index is 5.84. The second kappa shape index (κ2) is 5.97. The molecule has 3 rings (SSSR count). The van der Waals surface area contributed by atoms with Gasteiger partial charge in [0.05, 0.1) is 0 Å². The van der Waals surface area contributed by atoms with E-state index in [0.717, 1.165) is 26.2 Å². The summed E-state index contributed by atoms with van der Waals surface area (Å²) in [5, 5.41) is 0. The molecule has 0 amide bonds. The van der Waals surface area contributed by atoms with Crippen molar-refractivity contribution in [2.24, 2.45) is 5.73 Å². The number of nitrogens with zero attached hydrogens (tertiary/aromatic N) is 2. The summed E-state index contributed by atoms with van der Waals surface area (Å²) in [6.07, 6.45) is 0. The number of hydrogen-bond acceptors (Lipinski definition) is 3. The van der Waals surface area contributed by atoms with Gasteiger partial charge in [0.1, 0.15) is 0 Å². The van der Waals surface area contributed by atoms with E-state index in [1.807, 2.05) is 0 Å². The third-order valence-electron chi connectivity index (χ3n) is 3.95. The van der Waals surface area contributed by atoms with Gasteiger partial charge in [-0.1, -0.05) is 36.4 Å². The summed E-state index contributed by atoms with van der Waals surface area (Å²) in [5.74, 6) is 0. The molecule has 2 aromatic carbocycles. The number of anilines is 2. The minimum absolute atomic E-state index is 0.606. The SMILES string of the molecule is NCc1ccccc1N1CCN(c2ccccc2)CC1. The van der Waals surface area contributed by atoms with E-state index in [1.54, 1.807) is 0 Å². The van der Waals surface area contributed by atoms with E-state index in [0.29, 0.717) is 6.54 Å². The number of benzene rings is 2. The first-order valence-electron chi connectivity index (χ1n) is 7.21. The maximum atomic E-state index is 5.84. The fourth-order valence-corrected chi connectivity index (χ4v) is 2.84. The van der Waals surface area contributed by atoms with E-state index in [2.05, 4.69) is 64.4 Å². The third-order valence-corrected chi connectivity index (χ3v) is 3.95. The van der Waals surface area contributed by atoms with E-state index in [4.69, 9.17) is 5.73 Å². The van der Waals surface area contributed by atoms with Crippen molar-refractivity contribution in [2.45, 2.75) is 6.54 Å². The molecule has 104 valence electrons. The van der Waals surface area contributed by atoms with Crippen LogP contribution in [-0.4, -0.2) is 26.2 Å². The molecule has 0 aliphatic carbocycles. The molecule has 1 aliphatic heterocycles. The summed E-state index contributed by atoms with van der Waals surface area (Å²) < 4.78 is 0. The Kier molecular flexibility index (Phi) is 3.88. The molecule has 2 aromatic rings. The zero-order valence-corrected chi connectivity index (χ0v) is 11.7. The van der Waals surface area contributed by atoms with Gasteiger partial charge in [-0.2, -0.15) is 0 Å². The number of piperazine rings is 1. The zero-order chi connectivity index (χ0) is 13.8. The molecule has 0 radical (unpaired) electrons. The van der Waals surface area contributed by atoms with Gasteiger partial charge in [0.25, 0.3) is 0 Å². The standard InChI is InChI=1S/C17H21N3/c18-14-15-6-4-5-9-17(15)20-12-10-19(11-13-20)16-7-2-1-3-8-16/h1-9H,10-14,18H2. The Bertz CT molecular complexity index is 545. The molecule has 2 N–H and O–H groups in total. The lowest BCUT2D eigenvalue weighted by Crippen LogP contribution is -2.46. The highest BCUT2D eigenvalue weighted by Gasteiger charge is 2.18. The van der Waals surface area contributed by atoms with E-state index >= 15 is 0 Å². The van der Waals surface area contributed by atoms with Crippen molar-refractivity contribution in [3.63, 3.8) is 0 Å². The lowest BCUT2D eigenvalue weighted by molar-refractivity contribution is 0.651. The molecule has 1 heterocycles. The van der Waals surface area contributed by atoms with Crippen LogP contribution in [0.5, 0.6) is 0 Å². The van der Waals surface area contributed by atoms with Crippen LogP contribution < -0.4 is 15.5 Å². The van der Waals surface area contributed by atoms with Crippen molar-refractivity contribution in [3.8, 4) is 0 Å². The van der Waals surface area contributed by atoms with Crippen LogP contribution in [0.2, 0.25) is 0 Å². The first-order valence-corrected chi connectivity index (χ1v) is 7.21. The largest absolute Gasteiger partial charge is 0.368 e. The van der Waals surface area contributed by atoms with Gasteiger partial charge >= 0.3 is 0 Å². The van der Waals surface area contributed by atoms with Crippen molar-refractivity contribution in [1.82, 2.24) is 0 Å². The topological polar surface area (TPSA) is 32.5 Å². The molecule has 1 saturated heterocycles. The van der Waals surface area contributed by atoms with E-state index in [9.17, 15) is 0 Å². The zero-order valence-electron chi connectivity index (χ0n) is 11.7. The van der Waals surface area contributed by atoms with Crippen molar-refractivity contribution < 1.29 is 0 Å². The van der Waals surface area contributed by atoms with Gasteiger partial charge in [-0.15, -0.1) is 0 Å². The predicted octanol–water partition coefficient (Wildman–Crippen LogP) is 2.47. The number of nitrogens with two attached hydrogens (primary N) is 1. The van der Waals surface area contributed by atoms with Crippen LogP contribution >= 0.6 is 0 Å². The maximum Gasteiger partial charge on any atom is 0.0412 e. The summed E-state index contributed by atoms with van der Waals surface area (Å²) in [4.78, 5) is 4.89. The highest BCUT2D eigenvalue weighted by Crippen LogP contribution is 2.23. The summed E-state index contributed by atoms with van der Waals surface area (Å²) in [6.45, 7) is 4.82. The minimum Gasteiger partial charge on any atom is -0.368 e. The normalized spacial score (nSPS) is 15.4. The van der Waals surface area contributed by atoms with E-state index < -0.39 is 0 Å². The fraction of sp³-hybridized carbons (Fsp3) is 0.294. The average molecular weight is 267 g/mol. The average Bonchev–Trinajstić information content (AvgIpc) is 2.56. The smallest absolute Gasteiger partial charge is 0.0412 e. The highest BCUT2D eigenvalue weighted by atomic mass is 15.3. The summed E-state index contributed by atoms with van der Waals surface area (Å²) in [6, 6.07) is 19.1. The molecule has 0 saturated carbocycles. The molecule has 1 aliphatic rings. The van der Waals surface area contributed by atoms with Gasteiger partial charge in [0.2, 0.25) is 0 Å². The van der Waals surface area contributed by atoms with Crippen molar-refractivity contribution in [3.05, 3.63) is 60.2 Å². The number of hydrogen-bond donors (Lipinski definition) is 1. The van der Waals surface area contributed by atoms with Gasteiger partial charge in [-0.05, 0) is 23.8 Å². The van der Waals surface area contributed by atoms with Crippen LogP contribution in [0.25, 0.3) is 0 Å². The third kappa shape index (κ3) is 2.63. The summed E-state index contributed by atoms with van der Waals surface area (Å²) >= 11 is 0. The van der Waals surface area contributed by atoms with Gasteiger partial charge in [-0.3, -0.25) is 0 Å². The van der Waals surface area contributed by atoms with Gasteiger partial charge in [0, 0.05) is 44.1 Å². The Morgan fingerprint density at radius 3 is 2.05 bits per heavy atom. The van der Waals surface area contributed by atoms with E-state index in [1.165, 1.54) is 16.9 Å². The molecule has 3 heteroatoms. The Hall–Kier alpha value is -2.00. The van der Waals surface area contributed by atoms with Crippen LogP contribution in [0.3, 0.4) is 0 Å². The Labute approximate surface area is 120 Å². The molecule has 0 unspecified atom stereocenters. The molecule has 1 fully saturated rings. The Morgan fingerprint density at radius 2 is 1.35 bits per heavy atom. The fourth-order valence-electron chi connectivity index (χ4n) is 2.84. The lowest BCUT2D eigenvalue weighted by atomic mass is 10.1. The molecule has 0 bridgehead atoms. The van der Waals surface area contributed by atoms with Gasteiger partial charge in [-0.25, -0.2) is 0 Å². The second-order valence-electron chi connectivity index (χ2n) is 5.14. The molecule has 20 heavy (non-hydrogen) atoms. The van der Waals surface area contributed by atoms with Crippen LogP contribution in [0.1, 0.15) is 5.56 Å². The van der Waals surface area contributed by atoms with Crippen molar-refractivity contribution in [1.29, 1.82) is 0 Å². The quantitative estimate of drug-likeness (QED) is 0.927. The van der Waals surface area contributed by atoms with Crippen LogP contribution in [-0.2, 0) is 6.54 Å². The molecule has 0 atom stereocenters. The minimum atomic E-state index is 0.606. The van der Waals surface area contributed by atoms with Gasteiger partial charge < -0.3 is 15.5 Å². The highest BCUT2D eigenvalue weighted by molar-refractivity contribution is 5.56. The van der Waals surface area contributed by atoms with Crippen LogP contribution in [0.15, 0.2) is 54.6 Å². The van der Waals surface area contributed by atoms with Gasteiger partial charge in [0.15, 0.2) is 0 Å².